The smallest absolute Gasteiger partial charge is 0.390 e. The number of hydrogen-bond donors (Lipinski definition) is 1. The van der Waals surface area contributed by atoms with Gasteiger partial charge >= 0.3 is 11.8 Å². The summed E-state index contributed by atoms with van der Waals surface area (Å²) in [5.74, 6) is -0.0228. The molecule has 0 spiro atoms. The molecule has 0 aliphatic carbocycles. The number of ether oxygens (including phenoxy) is 2. The van der Waals surface area contributed by atoms with Crippen molar-refractivity contribution < 1.29 is 19.2 Å². The van der Waals surface area contributed by atoms with Crippen molar-refractivity contribution in [2.24, 2.45) is 5.10 Å². The van der Waals surface area contributed by atoms with Crippen molar-refractivity contribution in [2.45, 2.75) is 27.0 Å². The van der Waals surface area contributed by atoms with Crippen LogP contribution in [0.4, 0.5) is 10.9 Å². The van der Waals surface area contributed by atoms with Crippen molar-refractivity contribution >= 4 is 34.5 Å². The second-order valence-corrected chi connectivity index (χ2v) is 7.07. The minimum absolute atomic E-state index is 0.0155. The fraction of sp³-hybridized carbons (Fsp3) is 0.263. The molecule has 2 aromatic heterocycles. The van der Waals surface area contributed by atoms with Crippen LogP contribution >= 0.6 is 11.3 Å². The number of anilines is 1. The average molecular weight is 444 g/mol. The molecule has 0 aliphatic heterocycles. The number of esters is 1. The molecule has 0 fully saturated rings. The first kappa shape index (κ1) is 21.9. The van der Waals surface area contributed by atoms with Crippen LogP contribution in [0.3, 0.4) is 0 Å². The van der Waals surface area contributed by atoms with Gasteiger partial charge in [-0.2, -0.15) is 5.10 Å². The Balaban J connectivity index is 1.60. The summed E-state index contributed by atoms with van der Waals surface area (Å²) in [6, 6.07) is 8.59. The summed E-state index contributed by atoms with van der Waals surface area (Å²) in [6.07, 6.45) is 1.68. The third-order valence-electron chi connectivity index (χ3n) is 3.96. The maximum absolute atomic E-state index is 11.5. The molecule has 0 saturated carbocycles. The molecule has 3 aromatic rings. The first-order valence-corrected chi connectivity index (χ1v) is 10.1. The highest BCUT2D eigenvalue weighted by atomic mass is 32.1. The monoisotopic (exact) mass is 444 g/mol. The van der Waals surface area contributed by atoms with E-state index in [0.717, 1.165) is 0 Å². The number of aromatic nitrogens is 3. The average Bonchev–Trinajstić information content (AvgIpc) is 3.33. The Hall–Kier alpha value is -3.80. The summed E-state index contributed by atoms with van der Waals surface area (Å²) in [6.45, 7) is 3.81. The van der Waals surface area contributed by atoms with Gasteiger partial charge in [0.15, 0.2) is 0 Å². The number of nitrogens with zero attached hydrogens (tertiary/aromatic N) is 5. The molecule has 0 saturated heterocycles. The number of hydrazone groups is 1. The van der Waals surface area contributed by atoms with Gasteiger partial charge in [0, 0.05) is 10.9 Å². The second-order valence-electron chi connectivity index (χ2n) is 6.21. The number of para-hydroxylation sites is 1. The molecule has 11 nitrogen and oxygen atoms in total. The van der Waals surface area contributed by atoms with E-state index in [0.29, 0.717) is 34.4 Å². The van der Waals surface area contributed by atoms with Crippen LogP contribution < -0.4 is 10.2 Å². The van der Waals surface area contributed by atoms with E-state index in [1.165, 1.54) is 22.1 Å². The summed E-state index contributed by atoms with van der Waals surface area (Å²) in [5, 5.41) is 21.2. The molecule has 0 amide bonds. The van der Waals surface area contributed by atoms with Gasteiger partial charge in [-0.1, -0.05) is 12.1 Å². The normalized spacial score (nSPS) is 10.9. The summed E-state index contributed by atoms with van der Waals surface area (Å²) in [7, 11) is 0. The van der Waals surface area contributed by atoms with Crippen LogP contribution in [0.1, 0.15) is 23.9 Å². The fourth-order valence-corrected chi connectivity index (χ4v) is 3.18. The van der Waals surface area contributed by atoms with E-state index in [9.17, 15) is 14.9 Å². The first-order valence-electron chi connectivity index (χ1n) is 9.26. The molecule has 0 aliphatic rings. The van der Waals surface area contributed by atoms with Crippen molar-refractivity contribution in [3.63, 3.8) is 0 Å². The van der Waals surface area contributed by atoms with E-state index < -0.39 is 4.92 Å². The molecule has 0 atom stereocenters. The van der Waals surface area contributed by atoms with Crippen molar-refractivity contribution in [3.8, 4) is 5.75 Å². The number of nitrogens with one attached hydrogen (secondary N) is 1. The summed E-state index contributed by atoms with van der Waals surface area (Å²) in [4.78, 5) is 26.1. The number of carbonyl (C=O) groups excluding carboxylic acids is 1. The van der Waals surface area contributed by atoms with Crippen LogP contribution in [0.5, 0.6) is 5.75 Å². The van der Waals surface area contributed by atoms with Gasteiger partial charge in [-0.3, -0.25) is 10.2 Å². The minimum Gasteiger partial charge on any atom is -0.469 e. The second kappa shape index (κ2) is 10.3. The zero-order valence-electron chi connectivity index (χ0n) is 16.8. The number of carbonyl (C=O) groups is 1. The quantitative estimate of drug-likeness (QED) is 0.218. The van der Waals surface area contributed by atoms with Crippen LogP contribution in [0.25, 0.3) is 0 Å². The van der Waals surface area contributed by atoms with E-state index >= 15 is 0 Å². The first-order chi connectivity index (χ1) is 15.0. The number of hydrogen-bond acceptors (Lipinski definition) is 10. The van der Waals surface area contributed by atoms with Crippen LogP contribution in [0.2, 0.25) is 0 Å². The fourth-order valence-electron chi connectivity index (χ4n) is 2.52. The van der Waals surface area contributed by atoms with Gasteiger partial charge in [-0.25, -0.2) is 4.98 Å². The number of benzene rings is 1. The lowest BCUT2D eigenvalue weighted by atomic mass is 10.2. The van der Waals surface area contributed by atoms with E-state index in [2.05, 4.69) is 20.6 Å². The third-order valence-corrected chi connectivity index (χ3v) is 4.76. The molecular weight excluding hydrogens is 424 g/mol. The van der Waals surface area contributed by atoms with Crippen molar-refractivity contribution in [3.05, 3.63) is 62.8 Å². The van der Waals surface area contributed by atoms with Gasteiger partial charge in [-0.15, -0.1) is 16.0 Å². The van der Waals surface area contributed by atoms with Gasteiger partial charge < -0.3 is 19.6 Å². The zero-order valence-corrected chi connectivity index (χ0v) is 17.7. The van der Waals surface area contributed by atoms with Crippen molar-refractivity contribution in [1.29, 1.82) is 0 Å². The van der Waals surface area contributed by atoms with Gasteiger partial charge in [0.2, 0.25) is 11.9 Å². The highest BCUT2D eigenvalue weighted by molar-refractivity contribution is 7.13. The van der Waals surface area contributed by atoms with Gasteiger partial charge in [0.25, 0.3) is 0 Å². The number of thiazole rings is 1. The Bertz CT molecular complexity index is 1090. The molecule has 0 bridgehead atoms. The Kier molecular flexibility index (Phi) is 7.27. The number of rotatable bonds is 10. The zero-order chi connectivity index (χ0) is 22.2. The minimum atomic E-state index is -0.549. The molecule has 2 heterocycles. The molecule has 0 unspecified atom stereocenters. The topological polar surface area (TPSA) is 134 Å². The molecule has 12 heteroatoms. The maximum Gasteiger partial charge on any atom is 0.390 e. The van der Waals surface area contributed by atoms with Crippen LogP contribution in [0.15, 0.2) is 40.8 Å². The Labute approximate surface area is 181 Å². The Morgan fingerprint density at radius 3 is 2.97 bits per heavy atom. The molecule has 1 N–H and O–H groups in total. The molecular formula is C19H20N6O5S. The summed E-state index contributed by atoms with van der Waals surface area (Å²) >= 11 is 1.32. The highest BCUT2D eigenvalue weighted by Gasteiger charge is 2.15. The molecule has 31 heavy (non-hydrogen) atoms. The van der Waals surface area contributed by atoms with Gasteiger partial charge in [0.1, 0.15) is 5.75 Å². The SMILES string of the molecule is CCOC(=O)Cc1csc(NN=Cc2ccccc2OCn2nc([N+](=O)[O-])cc2C)n1. The molecule has 1 aromatic carbocycles. The number of aryl methyl sites for hydroxylation is 1. The third kappa shape index (κ3) is 6.09. The van der Waals surface area contributed by atoms with Crippen LogP contribution in [-0.2, 0) is 22.7 Å². The number of nitro groups is 1. The highest BCUT2D eigenvalue weighted by Crippen LogP contribution is 2.19. The lowest BCUT2D eigenvalue weighted by molar-refractivity contribution is -0.389. The van der Waals surface area contributed by atoms with E-state index in [1.54, 1.807) is 37.6 Å². The van der Waals surface area contributed by atoms with E-state index in [4.69, 9.17) is 9.47 Å². The molecule has 3 rings (SSSR count). The summed E-state index contributed by atoms with van der Waals surface area (Å²) < 4.78 is 12.1. The maximum atomic E-state index is 11.5. The lowest BCUT2D eigenvalue weighted by Gasteiger charge is -2.08. The standard InChI is InChI=1S/C19H20N6O5S/c1-3-29-18(26)9-15-11-31-19(21-15)22-20-10-14-6-4-5-7-16(14)30-12-24-13(2)8-17(23-24)25(27)28/h4-8,10-11H,3,9,12H2,1-2H3,(H,21,22). The predicted octanol–water partition coefficient (Wildman–Crippen LogP) is 3.14. The lowest BCUT2D eigenvalue weighted by Crippen LogP contribution is -2.09. The van der Waals surface area contributed by atoms with Crippen molar-refractivity contribution in [1.82, 2.24) is 14.8 Å². The Morgan fingerprint density at radius 1 is 1.42 bits per heavy atom. The molecule has 0 radical (unpaired) electrons. The summed E-state index contributed by atoms with van der Waals surface area (Å²) in [5.41, 5.74) is 4.73. The van der Waals surface area contributed by atoms with Gasteiger partial charge in [0.05, 0.1) is 41.8 Å². The van der Waals surface area contributed by atoms with E-state index in [-0.39, 0.29) is 24.9 Å². The Morgan fingerprint density at radius 2 is 2.23 bits per heavy atom. The van der Waals surface area contributed by atoms with Crippen molar-refractivity contribution in [2.75, 3.05) is 12.0 Å². The molecule has 162 valence electrons. The predicted molar refractivity (Wildman–Crippen MR) is 114 cm³/mol. The van der Waals surface area contributed by atoms with Gasteiger partial charge in [-0.05, 0) is 30.9 Å². The van der Waals surface area contributed by atoms with Crippen LogP contribution in [0, 0.1) is 17.0 Å². The van der Waals surface area contributed by atoms with Crippen LogP contribution in [-0.4, -0.2) is 38.5 Å². The van der Waals surface area contributed by atoms with E-state index in [1.807, 2.05) is 12.1 Å². The largest absolute Gasteiger partial charge is 0.469 e.